The lowest BCUT2D eigenvalue weighted by Gasteiger charge is -2.34. The fourth-order valence-electron chi connectivity index (χ4n) is 5.61. The molecule has 0 spiro atoms. The summed E-state index contributed by atoms with van der Waals surface area (Å²) in [7, 11) is 0. The van der Waals surface area contributed by atoms with Gasteiger partial charge in [-0.1, -0.05) is 78.1 Å². The summed E-state index contributed by atoms with van der Waals surface area (Å²) in [5.74, 6) is -11.4. The monoisotopic (exact) mass is 636 g/mol. The number of benzene rings is 2. The van der Waals surface area contributed by atoms with Crippen LogP contribution in [0, 0.1) is 23.3 Å². The number of unbranched alkanes of at least 4 members (excludes halogenated alkanes) is 8. The molecule has 0 aliphatic heterocycles. The second kappa shape index (κ2) is 17.4. The zero-order valence-electron chi connectivity index (χ0n) is 25.6. The highest BCUT2D eigenvalue weighted by atomic mass is 19.3. The Kier molecular flexibility index (Phi) is 14.3. The maximum absolute atomic E-state index is 15.3. The van der Waals surface area contributed by atoms with E-state index in [0.29, 0.717) is 12.8 Å². The van der Waals surface area contributed by atoms with Crippen LogP contribution in [0.15, 0.2) is 18.2 Å². The highest BCUT2D eigenvalue weighted by Gasteiger charge is 2.50. The van der Waals surface area contributed by atoms with Crippen LogP contribution in [0.25, 0.3) is 11.1 Å². The molecule has 0 saturated heterocycles. The largest absolute Gasteiger partial charge is 0.487 e. The van der Waals surface area contributed by atoms with Crippen molar-refractivity contribution in [2.45, 2.75) is 128 Å². The Morgan fingerprint density at radius 2 is 1.30 bits per heavy atom. The van der Waals surface area contributed by atoms with Crippen molar-refractivity contribution in [1.29, 1.82) is 0 Å². The molecule has 0 fully saturated rings. The predicted molar refractivity (Wildman–Crippen MR) is 156 cm³/mol. The Hall–Kier alpha value is -2.36. The molecule has 0 N–H and O–H groups in total. The van der Waals surface area contributed by atoms with Crippen molar-refractivity contribution < 1.29 is 44.6 Å². The third-order valence-electron chi connectivity index (χ3n) is 8.18. The molecule has 0 radical (unpaired) electrons. The smallest absolute Gasteiger partial charge is 0.302 e. The topological polar surface area (TPSA) is 18.5 Å². The Balaban J connectivity index is 1.68. The van der Waals surface area contributed by atoms with E-state index in [2.05, 4.69) is 6.92 Å². The molecule has 3 atom stereocenters. The van der Waals surface area contributed by atoms with Gasteiger partial charge in [0.2, 0.25) is 5.82 Å². The number of hydrogen-bond acceptors (Lipinski definition) is 2. The highest BCUT2D eigenvalue weighted by molar-refractivity contribution is 5.68. The van der Waals surface area contributed by atoms with Gasteiger partial charge in [-0.15, -0.1) is 0 Å². The molecule has 0 bridgehead atoms. The van der Waals surface area contributed by atoms with Gasteiger partial charge >= 0.3 is 5.92 Å². The van der Waals surface area contributed by atoms with E-state index >= 15 is 22.0 Å². The molecule has 0 amide bonds. The first-order chi connectivity index (χ1) is 21.0. The quantitative estimate of drug-likeness (QED) is 0.113. The summed E-state index contributed by atoms with van der Waals surface area (Å²) in [6, 6.07) is 2.78. The SMILES string of the molecule is CCCCCCCCC(F)COc1ccc(-c2cc3c(c(F)c2F)C(F)(F)C(OCC(F)CCCCCC)CC3)c(F)c1F. The van der Waals surface area contributed by atoms with Crippen molar-refractivity contribution in [3.63, 3.8) is 0 Å². The van der Waals surface area contributed by atoms with Crippen LogP contribution in [-0.2, 0) is 17.1 Å². The van der Waals surface area contributed by atoms with Gasteiger partial charge in [-0.25, -0.2) is 22.0 Å². The molecule has 3 rings (SSSR count). The van der Waals surface area contributed by atoms with Crippen LogP contribution in [-0.4, -0.2) is 31.7 Å². The summed E-state index contributed by atoms with van der Waals surface area (Å²) in [6.45, 7) is 3.00. The first-order valence-corrected chi connectivity index (χ1v) is 15.9. The third-order valence-corrected chi connectivity index (χ3v) is 8.18. The summed E-state index contributed by atoms with van der Waals surface area (Å²) in [5, 5.41) is 0. The second-order valence-electron chi connectivity index (χ2n) is 11.7. The number of fused-ring (bicyclic) bond motifs is 1. The molecule has 10 heteroatoms. The van der Waals surface area contributed by atoms with Gasteiger partial charge in [-0.2, -0.15) is 13.2 Å². The normalized spacial score (nSPS) is 17.4. The summed E-state index contributed by atoms with van der Waals surface area (Å²) in [5.41, 5.74) is -2.94. The van der Waals surface area contributed by atoms with Crippen LogP contribution in [0.5, 0.6) is 5.75 Å². The molecular weight excluding hydrogens is 592 g/mol. The average molecular weight is 637 g/mol. The molecule has 3 unspecified atom stereocenters. The molecule has 2 nitrogen and oxygen atoms in total. The van der Waals surface area contributed by atoms with Crippen LogP contribution in [0.1, 0.15) is 108 Å². The highest BCUT2D eigenvalue weighted by Crippen LogP contribution is 2.46. The number of rotatable bonds is 19. The van der Waals surface area contributed by atoms with E-state index in [0.717, 1.165) is 69.6 Å². The minimum Gasteiger partial charge on any atom is -0.487 e. The standard InChI is InChI=1S/C34H44F8O2/c1-3-5-7-9-10-12-14-23(35)20-43-27-17-16-25(30(37)32(27)39)26-19-22-15-18-28(34(41,42)29(22)33(40)31(26)38)44-21-24(36)13-11-8-6-4-2/h16-17,19,23-24,28H,3-15,18,20-21H2,1-2H3. The molecule has 0 heterocycles. The van der Waals surface area contributed by atoms with Crippen molar-refractivity contribution in [1.82, 2.24) is 0 Å². The van der Waals surface area contributed by atoms with Gasteiger partial charge in [-0.05, 0) is 49.4 Å². The number of halogens is 8. The maximum atomic E-state index is 15.3. The first kappa shape index (κ1) is 36.1. The van der Waals surface area contributed by atoms with E-state index in [1.54, 1.807) is 0 Å². The van der Waals surface area contributed by atoms with Gasteiger partial charge in [0.1, 0.15) is 25.1 Å². The van der Waals surface area contributed by atoms with Gasteiger partial charge in [0.15, 0.2) is 23.2 Å². The van der Waals surface area contributed by atoms with Crippen molar-refractivity contribution in [2.75, 3.05) is 13.2 Å². The average Bonchev–Trinajstić information content (AvgIpc) is 2.99. The van der Waals surface area contributed by atoms with E-state index in [-0.39, 0.29) is 31.2 Å². The Morgan fingerprint density at radius 3 is 1.95 bits per heavy atom. The second-order valence-corrected chi connectivity index (χ2v) is 11.7. The summed E-state index contributed by atoms with van der Waals surface area (Å²) in [6.07, 6.45) is 4.24. The van der Waals surface area contributed by atoms with Crippen molar-refractivity contribution in [2.24, 2.45) is 0 Å². The van der Waals surface area contributed by atoms with E-state index in [9.17, 15) is 13.2 Å². The summed E-state index contributed by atoms with van der Waals surface area (Å²) < 4.78 is 130. The molecule has 2 aromatic carbocycles. The molecule has 248 valence electrons. The Labute approximate surface area is 255 Å². The van der Waals surface area contributed by atoms with Crippen LogP contribution >= 0.6 is 0 Å². The van der Waals surface area contributed by atoms with Crippen molar-refractivity contribution in [3.05, 3.63) is 52.6 Å². The lowest BCUT2D eigenvalue weighted by Crippen LogP contribution is -2.40. The van der Waals surface area contributed by atoms with Gasteiger partial charge in [0, 0.05) is 11.1 Å². The maximum Gasteiger partial charge on any atom is 0.302 e. The fraction of sp³-hybridized carbons (Fsp3) is 0.647. The lowest BCUT2D eigenvalue weighted by atomic mass is 9.83. The van der Waals surface area contributed by atoms with E-state index in [4.69, 9.17) is 9.47 Å². The molecule has 1 aliphatic rings. The fourth-order valence-corrected chi connectivity index (χ4v) is 5.61. The Morgan fingerprint density at radius 1 is 0.727 bits per heavy atom. The lowest BCUT2D eigenvalue weighted by molar-refractivity contribution is -0.160. The number of hydrogen-bond donors (Lipinski definition) is 0. The molecule has 1 aliphatic carbocycles. The first-order valence-electron chi connectivity index (χ1n) is 15.9. The van der Waals surface area contributed by atoms with E-state index in [1.807, 2.05) is 6.92 Å². The summed E-state index contributed by atoms with van der Waals surface area (Å²) in [4.78, 5) is 0. The van der Waals surface area contributed by atoms with Gasteiger partial charge in [0.25, 0.3) is 0 Å². The van der Waals surface area contributed by atoms with Crippen LogP contribution < -0.4 is 4.74 Å². The summed E-state index contributed by atoms with van der Waals surface area (Å²) >= 11 is 0. The molecule has 0 saturated carbocycles. The molecular formula is C34H44F8O2. The van der Waals surface area contributed by atoms with Crippen LogP contribution in [0.3, 0.4) is 0 Å². The molecule has 44 heavy (non-hydrogen) atoms. The van der Waals surface area contributed by atoms with Crippen molar-refractivity contribution >= 4 is 0 Å². The van der Waals surface area contributed by atoms with E-state index < -0.39 is 83.3 Å². The minimum atomic E-state index is -3.97. The Bertz CT molecular complexity index is 1190. The van der Waals surface area contributed by atoms with Crippen molar-refractivity contribution in [3.8, 4) is 16.9 Å². The zero-order valence-corrected chi connectivity index (χ0v) is 25.6. The third kappa shape index (κ3) is 9.33. The van der Waals surface area contributed by atoms with Gasteiger partial charge in [-0.3, -0.25) is 0 Å². The van der Waals surface area contributed by atoms with Gasteiger partial charge < -0.3 is 9.47 Å². The van der Waals surface area contributed by atoms with E-state index in [1.165, 1.54) is 0 Å². The van der Waals surface area contributed by atoms with Gasteiger partial charge in [0.05, 0.1) is 12.2 Å². The van der Waals surface area contributed by atoms with Crippen LogP contribution in [0.2, 0.25) is 0 Å². The predicted octanol–water partition coefficient (Wildman–Crippen LogP) is 11.1. The molecule has 2 aromatic rings. The van der Waals surface area contributed by atoms with Crippen LogP contribution in [0.4, 0.5) is 35.1 Å². The number of alkyl halides is 4. The zero-order chi connectivity index (χ0) is 32.3. The number of ether oxygens (including phenoxy) is 2. The molecule has 0 aromatic heterocycles. The minimum absolute atomic E-state index is 0.154. The number of aryl methyl sites for hydroxylation is 1.